The van der Waals surface area contributed by atoms with Gasteiger partial charge in [0.1, 0.15) is 13.2 Å². The lowest BCUT2D eigenvalue weighted by Gasteiger charge is -2.18. The summed E-state index contributed by atoms with van der Waals surface area (Å²) in [6, 6.07) is 0. The van der Waals surface area contributed by atoms with Gasteiger partial charge in [-0.05, 0) is 25.2 Å². The van der Waals surface area contributed by atoms with Gasteiger partial charge in [0.2, 0.25) is 0 Å². The fraction of sp³-hybridized carbons (Fsp3) is 0.929. The molecule has 0 aromatic heterocycles. The van der Waals surface area contributed by atoms with E-state index >= 15 is 0 Å². The summed E-state index contributed by atoms with van der Waals surface area (Å²) < 4.78 is 16.5. The first-order chi connectivity index (χ1) is 23.4. The lowest BCUT2D eigenvalue weighted by atomic mass is 9.99. The predicted octanol–water partition coefficient (Wildman–Crippen LogP) is 12.8. The molecular formula is C42H80O6. The maximum Gasteiger partial charge on any atom is 0.306 e. The molecule has 0 rings (SSSR count). The Morgan fingerprint density at radius 1 is 0.417 bits per heavy atom. The van der Waals surface area contributed by atoms with Crippen LogP contribution in [0.5, 0.6) is 0 Å². The van der Waals surface area contributed by atoms with E-state index < -0.39 is 6.10 Å². The number of esters is 3. The number of hydrogen-bond donors (Lipinski definition) is 0. The van der Waals surface area contributed by atoms with Crippen LogP contribution in [-0.4, -0.2) is 37.2 Å². The van der Waals surface area contributed by atoms with Crippen molar-refractivity contribution >= 4 is 17.9 Å². The quantitative estimate of drug-likeness (QED) is 0.0369. The lowest BCUT2D eigenvalue weighted by Crippen LogP contribution is -2.30. The fourth-order valence-electron chi connectivity index (χ4n) is 6.06. The number of rotatable bonds is 37. The Morgan fingerprint density at radius 3 is 1.08 bits per heavy atom. The molecule has 0 saturated heterocycles. The highest BCUT2D eigenvalue weighted by atomic mass is 16.6. The van der Waals surface area contributed by atoms with E-state index in [0.29, 0.717) is 19.3 Å². The molecule has 0 radical (unpaired) electrons. The van der Waals surface area contributed by atoms with Gasteiger partial charge in [0.15, 0.2) is 6.10 Å². The van der Waals surface area contributed by atoms with Gasteiger partial charge in [-0.3, -0.25) is 14.4 Å². The Bertz CT molecular complexity index is 723. The van der Waals surface area contributed by atoms with Crippen molar-refractivity contribution in [2.75, 3.05) is 13.2 Å². The molecule has 0 aliphatic heterocycles. The molecule has 0 fully saturated rings. The van der Waals surface area contributed by atoms with Crippen LogP contribution in [-0.2, 0) is 28.6 Å². The van der Waals surface area contributed by atoms with Crippen molar-refractivity contribution < 1.29 is 28.6 Å². The van der Waals surface area contributed by atoms with E-state index in [-0.39, 0.29) is 31.1 Å². The number of carbonyl (C=O) groups is 3. The Labute approximate surface area is 298 Å². The third-order valence-corrected chi connectivity index (χ3v) is 9.65. The van der Waals surface area contributed by atoms with Crippen molar-refractivity contribution in [1.29, 1.82) is 0 Å². The van der Waals surface area contributed by atoms with Crippen LogP contribution in [0.3, 0.4) is 0 Å². The summed E-state index contributed by atoms with van der Waals surface area (Å²) in [5.41, 5.74) is 0. The van der Waals surface area contributed by atoms with Crippen LogP contribution in [0, 0.1) is 5.92 Å². The summed E-state index contributed by atoms with van der Waals surface area (Å²) >= 11 is 0. The monoisotopic (exact) mass is 681 g/mol. The smallest absolute Gasteiger partial charge is 0.306 e. The molecule has 1 unspecified atom stereocenters. The van der Waals surface area contributed by atoms with Gasteiger partial charge >= 0.3 is 17.9 Å². The SMILES string of the molecule is CCCCCCCCCC(=O)OC[C@@H](COC(=O)CCCCCCC)OC(=O)CCCCCCCCCCCCCCCCC(C)CC. The van der Waals surface area contributed by atoms with E-state index in [1.807, 2.05) is 0 Å². The van der Waals surface area contributed by atoms with Crippen LogP contribution in [0.15, 0.2) is 0 Å². The summed E-state index contributed by atoms with van der Waals surface area (Å²) in [5.74, 6) is 0.0142. The zero-order chi connectivity index (χ0) is 35.3. The minimum absolute atomic E-state index is 0.0662. The number of carbonyl (C=O) groups excluding carboxylic acids is 3. The Kier molecular flexibility index (Phi) is 35.5. The molecule has 0 aliphatic rings. The molecule has 6 nitrogen and oxygen atoms in total. The molecule has 0 N–H and O–H groups in total. The standard InChI is InChI=1S/C42H80O6/c1-5-8-10-12-21-26-30-34-41(44)47-37-39(36-46-40(43)33-29-24-11-9-6-2)48-42(45)35-31-27-23-20-18-16-14-13-15-17-19-22-25-28-32-38(4)7-3/h38-39H,5-37H2,1-4H3/t38?,39-/m1/s1. The first kappa shape index (κ1) is 46.4. The Balaban J connectivity index is 4.12. The van der Waals surface area contributed by atoms with Crippen molar-refractivity contribution in [1.82, 2.24) is 0 Å². The second kappa shape index (κ2) is 36.7. The second-order valence-corrected chi connectivity index (χ2v) is 14.5. The average molecular weight is 681 g/mol. The van der Waals surface area contributed by atoms with E-state index in [4.69, 9.17) is 14.2 Å². The molecule has 0 heterocycles. The van der Waals surface area contributed by atoms with E-state index in [0.717, 1.165) is 70.1 Å². The van der Waals surface area contributed by atoms with Crippen LogP contribution in [0.1, 0.15) is 227 Å². The molecule has 0 bridgehead atoms. The molecule has 0 amide bonds. The van der Waals surface area contributed by atoms with Crippen LogP contribution in [0.4, 0.5) is 0 Å². The summed E-state index contributed by atoms with van der Waals surface area (Å²) in [6.45, 7) is 8.90. The molecule has 284 valence electrons. The van der Waals surface area contributed by atoms with Crippen molar-refractivity contribution in [3.8, 4) is 0 Å². The molecule has 0 aromatic carbocycles. The zero-order valence-corrected chi connectivity index (χ0v) is 32.4. The second-order valence-electron chi connectivity index (χ2n) is 14.5. The van der Waals surface area contributed by atoms with Crippen LogP contribution in [0.25, 0.3) is 0 Å². The van der Waals surface area contributed by atoms with Crippen molar-refractivity contribution in [2.24, 2.45) is 5.92 Å². The van der Waals surface area contributed by atoms with Crippen LogP contribution >= 0.6 is 0 Å². The molecule has 2 atom stereocenters. The molecular weight excluding hydrogens is 600 g/mol. The van der Waals surface area contributed by atoms with Crippen molar-refractivity contribution in [3.63, 3.8) is 0 Å². The number of ether oxygens (including phenoxy) is 3. The topological polar surface area (TPSA) is 78.9 Å². The number of unbranched alkanes of at least 4 members (excludes halogenated alkanes) is 23. The van der Waals surface area contributed by atoms with E-state index in [9.17, 15) is 14.4 Å². The Hall–Kier alpha value is -1.59. The van der Waals surface area contributed by atoms with E-state index in [1.54, 1.807) is 0 Å². The summed E-state index contributed by atoms with van der Waals surface area (Å²) in [7, 11) is 0. The highest BCUT2D eigenvalue weighted by Gasteiger charge is 2.19. The fourth-order valence-corrected chi connectivity index (χ4v) is 6.06. The predicted molar refractivity (Wildman–Crippen MR) is 201 cm³/mol. The maximum atomic E-state index is 12.6. The van der Waals surface area contributed by atoms with Gasteiger partial charge < -0.3 is 14.2 Å². The van der Waals surface area contributed by atoms with Crippen molar-refractivity contribution in [2.45, 2.75) is 233 Å². The summed E-state index contributed by atoms with van der Waals surface area (Å²) in [5, 5.41) is 0. The van der Waals surface area contributed by atoms with E-state index in [1.165, 1.54) is 116 Å². The third-order valence-electron chi connectivity index (χ3n) is 9.65. The minimum atomic E-state index is -0.755. The number of hydrogen-bond acceptors (Lipinski definition) is 6. The third kappa shape index (κ3) is 34.3. The molecule has 0 spiro atoms. The van der Waals surface area contributed by atoms with Gasteiger partial charge in [-0.1, -0.05) is 188 Å². The molecule has 0 saturated carbocycles. The summed E-state index contributed by atoms with van der Waals surface area (Å²) in [4.78, 5) is 37.2. The molecule has 0 aromatic rings. The van der Waals surface area contributed by atoms with Gasteiger partial charge in [-0.15, -0.1) is 0 Å². The molecule has 0 aliphatic carbocycles. The Morgan fingerprint density at radius 2 is 0.729 bits per heavy atom. The zero-order valence-electron chi connectivity index (χ0n) is 32.4. The first-order valence-corrected chi connectivity index (χ1v) is 20.9. The summed E-state index contributed by atoms with van der Waals surface area (Å²) in [6.07, 6.45) is 34.1. The van der Waals surface area contributed by atoms with Gasteiger partial charge in [-0.25, -0.2) is 0 Å². The maximum absolute atomic E-state index is 12.6. The van der Waals surface area contributed by atoms with Gasteiger partial charge in [-0.2, -0.15) is 0 Å². The normalized spacial score (nSPS) is 12.5. The van der Waals surface area contributed by atoms with Gasteiger partial charge in [0, 0.05) is 19.3 Å². The first-order valence-electron chi connectivity index (χ1n) is 20.9. The van der Waals surface area contributed by atoms with Crippen LogP contribution < -0.4 is 0 Å². The minimum Gasteiger partial charge on any atom is -0.462 e. The molecule has 6 heteroatoms. The molecule has 48 heavy (non-hydrogen) atoms. The lowest BCUT2D eigenvalue weighted by molar-refractivity contribution is -0.167. The highest BCUT2D eigenvalue weighted by molar-refractivity contribution is 5.71. The van der Waals surface area contributed by atoms with Crippen LogP contribution in [0.2, 0.25) is 0 Å². The van der Waals surface area contributed by atoms with Gasteiger partial charge in [0.25, 0.3) is 0 Å². The largest absolute Gasteiger partial charge is 0.462 e. The van der Waals surface area contributed by atoms with Crippen molar-refractivity contribution in [3.05, 3.63) is 0 Å². The van der Waals surface area contributed by atoms with E-state index in [2.05, 4.69) is 27.7 Å². The average Bonchev–Trinajstić information content (AvgIpc) is 3.08. The van der Waals surface area contributed by atoms with Gasteiger partial charge in [0.05, 0.1) is 0 Å². The highest BCUT2D eigenvalue weighted by Crippen LogP contribution is 2.17.